The molecule has 2 heterocycles. The largest absolute Gasteiger partial charge is 0.444 e. The third kappa shape index (κ3) is 5.02. The molecule has 30 heavy (non-hydrogen) atoms. The van der Waals surface area contributed by atoms with Gasteiger partial charge in [0, 0.05) is 6.54 Å². The number of hydrogen-bond donors (Lipinski definition) is 0. The molecule has 0 bridgehead atoms. The number of hydrogen-bond acceptors (Lipinski definition) is 4. The van der Waals surface area contributed by atoms with E-state index in [0.29, 0.717) is 25.8 Å². The van der Waals surface area contributed by atoms with E-state index in [4.69, 9.17) is 4.74 Å². The Hall–Kier alpha value is -2.81. The molecule has 2 aliphatic heterocycles. The molecule has 2 unspecified atom stereocenters. The van der Waals surface area contributed by atoms with Crippen LogP contribution in [0.1, 0.15) is 57.6 Å². The molecule has 2 amide bonds. The maximum absolute atomic E-state index is 13.3. The van der Waals surface area contributed by atoms with Gasteiger partial charge in [-0.25, -0.2) is 4.79 Å². The van der Waals surface area contributed by atoms with Gasteiger partial charge in [-0.2, -0.15) is 5.26 Å². The summed E-state index contributed by atoms with van der Waals surface area (Å²) in [6.45, 7) is 8.07. The predicted molar refractivity (Wildman–Crippen MR) is 115 cm³/mol. The zero-order valence-corrected chi connectivity index (χ0v) is 18.3. The van der Waals surface area contributed by atoms with Crippen LogP contribution in [0, 0.1) is 18.3 Å². The molecule has 0 saturated carbocycles. The molecule has 1 aromatic rings. The van der Waals surface area contributed by atoms with Crippen LogP contribution in [-0.4, -0.2) is 52.1 Å². The molecule has 2 aliphatic rings. The second kappa shape index (κ2) is 8.91. The Morgan fingerprint density at radius 1 is 1.23 bits per heavy atom. The van der Waals surface area contributed by atoms with Gasteiger partial charge in [0.2, 0.25) is 5.91 Å². The van der Waals surface area contributed by atoms with E-state index in [1.807, 2.05) is 58.0 Å². The van der Waals surface area contributed by atoms with Crippen molar-refractivity contribution >= 4 is 18.1 Å². The summed E-state index contributed by atoms with van der Waals surface area (Å²) < 4.78 is 5.64. The number of nitriles is 1. The normalized spacial score (nSPS) is 24.3. The lowest BCUT2D eigenvalue weighted by Crippen LogP contribution is -2.52. The topological polar surface area (TPSA) is 73.6 Å². The molecule has 3 atom stereocenters. The van der Waals surface area contributed by atoms with Crippen LogP contribution in [0.25, 0.3) is 6.08 Å². The quantitative estimate of drug-likeness (QED) is 0.746. The lowest BCUT2D eigenvalue weighted by Gasteiger charge is -2.33. The second-order valence-electron chi connectivity index (χ2n) is 9.14. The minimum Gasteiger partial charge on any atom is -0.444 e. The summed E-state index contributed by atoms with van der Waals surface area (Å²) in [5.41, 5.74) is 1.57. The van der Waals surface area contributed by atoms with E-state index in [-0.39, 0.29) is 11.9 Å². The Balaban J connectivity index is 1.84. The van der Waals surface area contributed by atoms with Crippen LogP contribution in [-0.2, 0) is 9.53 Å². The van der Waals surface area contributed by atoms with Crippen LogP contribution in [0.4, 0.5) is 4.79 Å². The minimum atomic E-state index is -0.652. The van der Waals surface area contributed by atoms with Crippen LogP contribution in [0.2, 0.25) is 0 Å². The summed E-state index contributed by atoms with van der Waals surface area (Å²) in [6.07, 6.45) is 6.26. The number of ether oxygens (including phenoxy) is 1. The highest BCUT2D eigenvalue weighted by Gasteiger charge is 2.45. The molecule has 0 spiro atoms. The summed E-state index contributed by atoms with van der Waals surface area (Å²) >= 11 is 0. The third-order valence-electron chi connectivity index (χ3n) is 5.56. The first kappa shape index (κ1) is 21.9. The van der Waals surface area contributed by atoms with Gasteiger partial charge in [0.15, 0.2) is 0 Å². The van der Waals surface area contributed by atoms with E-state index in [1.165, 1.54) is 0 Å². The number of rotatable bonds is 3. The van der Waals surface area contributed by atoms with Gasteiger partial charge in [-0.3, -0.25) is 9.69 Å². The Morgan fingerprint density at radius 3 is 2.67 bits per heavy atom. The van der Waals surface area contributed by atoms with Crippen molar-refractivity contribution in [2.24, 2.45) is 0 Å². The Kier molecular flexibility index (Phi) is 6.50. The molecular formula is C24H31N3O3. The van der Waals surface area contributed by atoms with Gasteiger partial charge in [-0.15, -0.1) is 0 Å². The summed E-state index contributed by atoms with van der Waals surface area (Å²) in [6, 6.07) is 9.12. The molecule has 2 fully saturated rings. The van der Waals surface area contributed by atoms with E-state index in [0.717, 1.165) is 17.5 Å². The van der Waals surface area contributed by atoms with Crippen LogP contribution in [0.5, 0.6) is 0 Å². The molecule has 0 radical (unpaired) electrons. The van der Waals surface area contributed by atoms with Gasteiger partial charge in [-0.05, 0) is 58.9 Å². The zero-order chi connectivity index (χ0) is 21.9. The number of nitrogens with zero attached hydrogens (tertiary/aromatic N) is 3. The van der Waals surface area contributed by atoms with Gasteiger partial charge >= 0.3 is 6.09 Å². The third-order valence-corrected chi connectivity index (χ3v) is 5.56. The van der Waals surface area contributed by atoms with Crippen molar-refractivity contribution in [2.75, 3.05) is 6.54 Å². The van der Waals surface area contributed by atoms with Gasteiger partial charge in [0.25, 0.3) is 0 Å². The maximum Gasteiger partial charge on any atom is 0.411 e. The van der Waals surface area contributed by atoms with E-state index < -0.39 is 23.8 Å². The Bertz CT molecular complexity index is 865. The first-order chi connectivity index (χ1) is 14.2. The van der Waals surface area contributed by atoms with Crippen LogP contribution in [0.3, 0.4) is 0 Å². The summed E-state index contributed by atoms with van der Waals surface area (Å²) in [5, 5.41) is 9.38. The first-order valence-electron chi connectivity index (χ1n) is 10.7. The standard InChI is InChI=1S/C24H31N3O3/c1-17-7-5-8-18(15-17)10-11-19-12-13-21(27(19)23(29)30-24(2,3)4)22(28)26-14-6-9-20(26)16-25/h5,7-8,10-11,15,19-21H,6,9,12-14H2,1-4H3/t19?,20-,21?/m0/s1. The Labute approximate surface area is 179 Å². The van der Waals surface area contributed by atoms with Crippen molar-refractivity contribution in [3.05, 3.63) is 41.5 Å². The van der Waals surface area contributed by atoms with Crippen molar-refractivity contribution < 1.29 is 14.3 Å². The smallest absolute Gasteiger partial charge is 0.411 e. The van der Waals surface area contributed by atoms with Gasteiger partial charge in [-0.1, -0.05) is 42.0 Å². The van der Waals surface area contributed by atoms with Gasteiger partial charge < -0.3 is 9.64 Å². The second-order valence-corrected chi connectivity index (χ2v) is 9.14. The summed E-state index contributed by atoms with van der Waals surface area (Å²) in [7, 11) is 0. The fourth-order valence-corrected chi connectivity index (χ4v) is 4.20. The SMILES string of the molecule is Cc1cccc(C=CC2CCC(C(=O)N3CCC[C@H]3C#N)N2C(=O)OC(C)(C)C)c1. The van der Waals surface area contributed by atoms with Crippen molar-refractivity contribution in [2.45, 2.75) is 77.1 Å². The van der Waals surface area contributed by atoms with Crippen molar-refractivity contribution in [3.63, 3.8) is 0 Å². The monoisotopic (exact) mass is 409 g/mol. The number of carbonyl (C=O) groups is 2. The van der Waals surface area contributed by atoms with Gasteiger partial charge in [0.05, 0.1) is 12.1 Å². The lowest BCUT2D eigenvalue weighted by atomic mass is 10.1. The molecule has 0 aliphatic carbocycles. The molecule has 0 N–H and O–H groups in total. The molecule has 2 saturated heterocycles. The van der Waals surface area contributed by atoms with E-state index >= 15 is 0 Å². The minimum absolute atomic E-state index is 0.142. The average Bonchev–Trinajstić information content (AvgIpc) is 3.31. The molecule has 0 aromatic heterocycles. The van der Waals surface area contributed by atoms with Crippen LogP contribution >= 0.6 is 0 Å². The van der Waals surface area contributed by atoms with Crippen molar-refractivity contribution in [1.82, 2.24) is 9.80 Å². The lowest BCUT2D eigenvalue weighted by molar-refractivity contribution is -0.136. The number of aryl methyl sites for hydroxylation is 1. The van der Waals surface area contributed by atoms with Crippen molar-refractivity contribution in [1.29, 1.82) is 5.26 Å². The van der Waals surface area contributed by atoms with Crippen molar-refractivity contribution in [3.8, 4) is 6.07 Å². The number of benzene rings is 1. The molecule has 1 aromatic carbocycles. The highest BCUT2D eigenvalue weighted by Crippen LogP contribution is 2.31. The zero-order valence-electron chi connectivity index (χ0n) is 18.3. The summed E-state index contributed by atoms with van der Waals surface area (Å²) in [4.78, 5) is 29.5. The fourth-order valence-electron chi connectivity index (χ4n) is 4.20. The first-order valence-corrected chi connectivity index (χ1v) is 10.7. The van der Waals surface area contributed by atoms with E-state index in [9.17, 15) is 14.9 Å². The fraction of sp³-hybridized carbons (Fsp3) is 0.542. The number of likely N-dealkylation sites (tertiary alicyclic amines) is 2. The molecule has 6 heteroatoms. The highest BCUT2D eigenvalue weighted by molar-refractivity contribution is 5.87. The molecular weight excluding hydrogens is 378 g/mol. The summed E-state index contributed by atoms with van der Waals surface area (Å²) in [5.74, 6) is -0.142. The van der Waals surface area contributed by atoms with E-state index in [2.05, 4.69) is 12.1 Å². The Morgan fingerprint density at radius 2 is 2.00 bits per heavy atom. The van der Waals surface area contributed by atoms with Gasteiger partial charge in [0.1, 0.15) is 17.7 Å². The maximum atomic E-state index is 13.3. The molecule has 6 nitrogen and oxygen atoms in total. The van der Waals surface area contributed by atoms with Crippen LogP contribution in [0.15, 0.2) is 30.3 Å². The predicted octanol–water partition coefficient (Wildman–Crippen LogP) is 4.29. The van der Waals surface area contributed by atoms with Crippen LogP contribution < -0.4 is 0 Å². The highest BCUT2D eigenvalue weighted by atomic mass is 16.6. The number of carbonyl (C=O) groups excluding carboxylic acids is 2. The van der Waals surface area contributed by atoms with E-state index in [1.54, 1.807) is 9.80 Å². The number of amides is 2. The average molecular weight is 410 g/mol. The molecule has 3 rings (SSSR count). The molecule has 160 valence electrons.